The summed E-state index contributed by atoms with van der Waals surface area (Å²) >= 11 is 1.26. The lowest BCUT2D eigenvalue weighted by Gasteiger charge is -2.26. The number of benzene rings is 1. The maximum Gasteiger partial charge on any atom is 0.416 e. The number of pyridine rings is 1. The fraction of sp³-hybridized carbons (Fsp3) is 0.450. The molecule has 2 aromatic rings. The van der Waals surface area contributed by atoms with Crippen molar-refractivity contribution in [2.45, 2.75) is 29.1 Å². The molecular formula is C20H24F3N3OS. The smallest absolute Gasteiger partial charge is 0.379 e. The Hall–Kier alpha value is -1.61. The SMILES string of the molecule is CNCc1cc(CCN2CCOCC2)ccc1Sc1cc(C(F)(F)F)ccn1. The van der Waals surface area contributed by atoms with E-state index >= 15 is 0 Å². The highest BCUT2D eigenvalue weighted by molar-refractivity contribution is 7.99. The van der Waals surface area contributed by atoms with Crippen LogP contribution in [0.25, 0.3) is 0 Å². The van der Waals surface area contributed by atoms with Crippen LogP contribution in [0.5, 0.6) is 0 Å². The predicted molar refractivity (Wildman–Crippen MR) is 104 cm³/mol. The van der Waals surface area contributed by atoms with Crippen molar-refractivity contribution >= 4 is 11.8 Å². The minimum atomic E-state index is -4.37. The molecule has 0 bridgehead atoms. The summed E-state index contributed by atoms with van der Waals surface area (Å²) in [6, 6.07) is 8.25. The fourth-order valence-corrected chi connectivity index (χ4v) is 4.01. The molecule has 3 rings (SSSR count). The first-order valence-electron chi connectivity index (χ1n) is 9.23. The highest BCUT2D eigenvalue weighted by Crippen LogP contribution is 2.34. The van der Waals surface area contributed by atoms with E-state index in [9.17, 15) is 13.2 Å². The molecule has 2 heterocycles. The van der Waals surface area contributed by atoms with E-state index in [-0.39, 0.29) is 0 Å². The van der Waals surface area contributed by atoms with Crippen molar-refractivity contribution in [1.82, 2.24) is 15.2 Å². The van der Waals surface area contributed by atoms with E-state index < -0.39 is 11.7 Å². The van der Waals surface area contributed by atoms with Crippen molar-refractivity contribution in [2.24, 2.45) is 0 Å². The van der Waals surface area contributed by atoms with Crippen LogP contribution in [0.15, 0.2) is 46.5 Å². The molecular weight excluding hydrogens is 387 g/mol. The van der Waals surface area contributed by atoms with E-state index in [2.05, 4.69) is 27.3 Å². The Kier molecular flexibility index (Phi) is 7.34. The lowest BCUT2D eigenvalue weighted by Crippen LogP contribution is -2.37. The van der Waals surface area contributed by atoms with Gasteiger partial charge in [-0.2, -0.15) is 13.2 Å². The first-order valence-corrected chi connectivity index (χ1v) is 10.0. The molecule has 0 spiro atoms. The Balaban J connectivity index is 1.72. The molecule has 1 aromatic carbocycles. The van der Waals surface area contributed by atoms with Gasteiger partial charge in [0.1, 0.15) is 5.03 Å². The molecule has 0 aliphatic carbocycles. The summed E-state index contributed by atoms with van der Waals surface area (Å²) in [6.45, 7) is 5.10. The van der Waals surface area contributed by atoms with E-state index in [1.165, 1.54) is 23.5 Å². The molecule has 4 nitrogen and oxygen atoms in total. The third-order valence-corrected chi connectivity index (χ3v) is 5.64. The van der Waals surface area contributed by atoms with E-state index in [4.69, 9.17) is 4.74 Å². The third-order valence-electron chi connectivity index (χ3n) is 4.59. The molecule has 0 unspecified atom stereocenters. The molecule has 0 amide bonds. The van der Waals surface area contributed by atoms with E-state index in [1.54, 1.807) is 0 Å². The molecule has 28 heavy (non-hydrogen) atoms. The lowest BCUT2D eigenvalue weighted by molar-refractivity contribution is -0.137. The molecule has 1 aliphatic heterocycles. The van der Waals surface area contributed by atoms with Gasteiger partial charge in [-0.3, -0.25) is 4.90 Å². The zero-order valence-electron chi connectivity index (χ0n) is 15.8. The second-order valence-electron chi connectivity index (χ2n) is 6.66. The van der Waals surface area contributed by atoms with Crippen molar-refractivity contribution in [3.8, 4) is 0 Å². The molecule has 1 saturated heterocycles. The van der Waals surface area contributed by atoms with Crippen molar-refractivity contribution < 1.29 is 17.9 Å². The van der Waals surface area contributed by atoms with Crippen LogP contribution in [0.4, 0.5) is 13.2 Å². The van der Waals surface area contributed by atoms with Gasteiger partial charge in [-0.1, -0.05) is 23.9 Å². The van der Waals surface area contributed by atoms with Gasteiger partial charge in [0.2, 0.25) is 0 Å². The van der Waals surface area contributed by atoms with Crippen molar-refractivity contribution in [3.05, 3.63) is 53.2 Å². The first kappa shape index (κ1) is 21.1. The van der Waals surface area contributed by atoms with Gasteiger partial charge >= 0.3 is 6.18 Å². The zero-order valence-corrected chi connectivity index (χ0v) is 16.6. The summed E-state index contributed by atoms with van der Waals surface area (Å²) in [4.78, 5) is 7.39. The molecule has 1 N–H and O–H groups in total. The number of nitrogens with one attached hydrogen (secondary N) is 1. The highest BCUT2D eigenvalue weighted by Gasteiger charge is 2.30. The number of rotatable bonds is 7. The van der Waals surface area contributed by atoms with Crippen LogP contribution >= 0.6 is 11.8 Å². The maximum atomic E-state index is 12.9. The second kappa shape index (κ2) is 9.73. The van der Waals surface area contributed by atoms with Crippen LogP contribution in [0, 0.1) is 0 Å². The minimum absolute atomic E-state index is 0.341. The van der Waals surface area contributed by atoms with Gasteiger partial charge in [-0.15, -0.1) is 0 Å². The van der Waals surface area contributed by atoms with E-state index in [1.807, 2.05) is 13.1 Å². The molecule has 152 valence electrons. The van der Waals surface area contributed by atoms with E-state index in [0.717, 1.165) is 61.9 Å². The van der Waals surface area contributed by atoms with Gasteiger partial charge in [-0.05, 0) is 42.8 Å². The fourth-order valence-electron chi connectivity index (χ4n) is 3.08. The van der Waals surface area contributed by atoms with Crippen LogP contribution in [0.1, 0.15) is 16.7 Å². The van der Waals surface area contributed by atoms with Gasteiger partial charge in [0.05, 0.1) is 18.8 Å². The molecule has 0 saturated carbocycles. The number of nitrogens with zero attached hydrogens (tertiary/aromatic N) is 2. The van der Waals surface area contributed by atoms with Crippen molar-refractivity contribution in [2.75, 3.05) is 39.9 Å². The van der Waals surface area contributed by atoms with Crippen LogP contribution in [0.2, 0.25) is 0 Å². The van der Waals surface area contributed by atoms with Gasteiger partial charge in [-0.25, -0.2) is 4.98 Å². The van der Waals surface area contributed by atoms with Gasteiger partial charge in [0.25, 0.3) is 0 Å². The summed E-state index contributed by atoms with van der Waals surface area (Å²) in [5, 5.41) is 3.48. The average Bonchev–Trinajstić information content (AvgIpc) is 2.69. The lowest BCUT2D eigenvalue weighted by atomic mass is 10.1. The average molecular weight is 411 g/mol. The number of halogens is 3. The molecule has 8 heteroatoms. The number of hydrogen-bond donors (Lipinski definition) is 1. The maximum absolute atomic E-state index is 12.9. The Morgan fingerprint density at radius 2 is 1.96 bits per heavy atom. The first-order chi connectivity index (χ1) is 13.5. The van der Waals surface area contributed by atoms with Crippen molar-refractivity contribution in [3.63, 3.8) is 0 Å². The van der Waals surface area contributed by atoms with Gasteiger partial charge < -0.3 is 10.1 Å². The Bertz CT molecular complexity index is 780. The largest absolute Gasteiger partial charge is 0.416 e. The van der Waals surface area contributed by atoms with Crippen LogP contribution < -0.4 is 5.32 Å². The standard InChI is InChI=1S/C20H24F3N3OS/c1-24-14-16-12-15(5-7-26-8-10-27-11-9-26)2-3-18(16)28-19-13-17(4-6-25-19)20(21,22)23/h2-4,6,12-13,24H,5,7-11,14H2,1H3. The third kappa shape index (κ3) is 5.94. The molecule has 1 aromatic heterocycles. The topological polar surface area (TPSA) is 37.4 Å². The monoisotopic (exact) mass is 411 g/mol. The van der Waals surface area contributed by atoms with Crippen LogP contribution in [-0.4, -0.2) is 49.8 Å². The molecule has 0 atom stereocenters. The van der Waals surface area contributed by atoms with Gasteiger partial charge in [0.15, 0.2) is 0 Å². The second-order valence-corrected chi connectivity index (χ2v) is 7.72. The Labute approximate surface area is 167 Å². The number of hydrogen-bond acceptors (Lipinski definition) is 5. The minimum Gasteiger partial charge on any atom is -0.379 e. The van der Waals surface area contributed by atoms with Crippen molar-refractivity contribution in [1.29, 1.82) is 0 Å². The number of alkyl halides is 3. The van der Waals surface area contributed by atoms with E-state index in [0.29, 0.717) is 11.6 Å². The Morgan fingerprint density at radius 1 is 1.18 bits per heavy atom. The predicted octanol–water partition coefficient (Wildman–Crippen LogP) is 3.85. The molecule has 1 aliphatic rings. The summed E-state index contributed by atoms with van der Waals surface area (Å²) in [5.74, 6) is 0. The normalized spacial score (nSPS) is 15.7. The van der Waals surface area contributed by atoms with Crippen LogP contribution in [0.3, 0.4) is 0 Å². The number of ether oxygens (including phenoxy) is 1. The number of aromatic nitrogens is 1. The van der Waals surface area contributed by atoms with Crippen LogP contribution in [-0.2, 0) is 23.9 Å². The highest BCUT2D eigenvalue weighted by atomic mass is 32.2. The molecule has 1 fully saturated rings. The zero-order chi connectivity index (χ0) is 20.0. The Morgan fingerprint density at radius 3 is 2.68 bits per heavy atom. The summed E-state index contributed by atoms with van der Waals surface area (Å²) in [7, 11) is 1.86. The number of morpholine rings is 1. The summed E-state index contributed by atoms with van der Waals surface area (Å²) < 4.78 is 44.2. The molecule has 0 radical (unpaired) electrons. The summed E-state index contributed by atoms with van der Waals surface area (Å²) in [6.07, 6.45) is -2.22. The quantitative estimate of drug-likeness (QED) is 0.749. The summed E-state index contributed by atoms with van der Waals surface area (Å²) in [5.41, 5.74) is 1.60. The van der Waals surface area contributed by atoms with Gasteiger partial charge in [0, 0.05) is 37.3 Å².